The van der Waals surface area contributed by atoms with E-state index in [0.717, 1.165) is 12.8 Å². The van der Waals surface area contributed by atoms with Crippen LogP contribution >= 0.6 is 0 Å². The number of carbonyl (C=O) groups excluding carboxylic acids is 2. The number of hydrogen-bond acceptors (Lipinski definition) is 4. The maximum absolute atomic E-state index is 12.0. The number of hydrogen-bond donors (Lipinski definition) is 1. The van der Waals surface area contributed by atoms with Crippen LogP contribution in [0.5, 0.6) is 0 Å². The zero-order valence-electron chi connectivity index (χ0n) is 8.94. The Hall–Kier alpha value is -1.21. The van der Waals surface area contributed by atoms with E-state index in [-0.39, 0.29) is 16.1 Å². The normalized spacial score (nSPS) is 39.9. The molecule has 1 saturated carbocycles. The van der Waals surface area contributed by atoms with Crippen molar-refractivity contribution in [3.8, 4) is 0 Å². The number of imide groups is 1. The molecule has 0 aromatic rings. The lowest BCUT2D eigenvalue weighted by Crippen LogP contribution is -2.41. The fourth-order valence-electron chi connectivity index (χ4n) is 3.30. The van der Waals surface area contributed by atoms with Gasteiger partial charge in [-0.05, 0) is 24.7 Å². The van der Waals surface area contributed by atoms with Crippen LogP contribution in [0.25, 0.3) is 0 Å². The van der Waals surface area contributed by atoms with Crippen LogP contribution in [-0.2, 0) is 19.8 Å². The van der Waals surface area contributed by atoms with Gasteiger partial charge in [0.05, 0.1) is 11.8 Å². The lowest BCUT2D eigenvalue weighted by Gasteiger charge is -2.38. The van der Waals surface area contributed by atoms with Gasteiger partial charge in [0.1, 0.15) is 0 Å². The molecule has 4 rings (SSSR count). The van der Waals surface area contributed by atoms with Gasteiger partial charge in [-0.25, -0.2) is 5.14 Å². The minimum Gasteiger partial charge on any atom is -0.273 e. The Morgan fingerprint density at radius 3 is 1.76 bits per heavy atom. The Balaban J connectivity index is 2.08. The first-order chi connectivity index (χ1) is 7.91. The molecule has 3 aliphatic carbocycles. The van der Waals surface area contributed by atoms with E-state index >= 15 is 0 Å². The first kappa shape index (κ1) is 10.9. The highest BCUT2D eigenvalue weighted by Gasteiger charge is 2.59. The third kappa shape index (κ3) is 1.32. The van der Waals surface area contributed by atoms with Gasteiger partial charge in [0, 0.05) is 0 Å². The SMILES string of the molecule is NS(=O)(=O)N1C(=O)C2C3C=CC(CC3)C2C1=O. The Labute approximate surface area is 98.6 Å². The second-order valence-corrected chi connectivity index (χ2v) is 6.22. The molecular formula is C10H12N2O4S. The molecule has 0 aromatic heterocycles. The number of nitrogens with two attached hydrogens (primary N) is 1. The number of rotatable bonds is 1. The molecular weight excluding hydrogens is 244 g/mol. The van der Waals surface area contributed by atoms with E-state index in [9.17, 15) is 18.0 Å². The maximum Gasteiger partial charge on any atom is 0.307 e. The molecule has 92 valence electrons. The number of fused-ring (bicyclic) bond motifs is 1. The van der Waals surface area contributed by atoms with Crippen LogP contribution < -0.4 is 5.14 Å². The van der Waals surface area contributed by atoms with E-state index in [4.69, 9.17) is 5.14 Å². The van der Waals surface area contributed by atoms with Gasteiger partial charge in [0.2, 0.25) is 11.8 Å². The van der Waals surface area contributed by atoms with Crippen molar-refractivity contribution in [1.82, 2.24) is 4.31 Å². The van der Waals surface area contributed by atoms with Crippen LogP contribution in [0.1, 0.15) is 12.8 Å². The highest BCUT2D eigenvalue weighted by atomic mass is 32.2. The summed E-state index contributed by atoms with van der Waals surface area (Å²) in [5.74, 6) is -2.39. The molecule has 6 nitrogen and oxygen atoms in total. The topological polar surface area (TPSA) is 97.5 Å². The van der Waals surface area contributed by atoms with Crippen LogP contribution in [0.3, 0.4) is 0 Å². The molecule has 1 heterocycles. The van der Waals surface area contributed by atoms with Crippen molar-refractivity contribution in [3.05, 3.63) is 12.2 Å². The first-order valence-electron chi connectivity index (χ1n) is 5.50. The Bertz CT molecular complexity index is 507. The van der Waals surface area contributed by atoms with Crippen LogP contribution in [-0.4, -0.2) is 24.5 Å². The molecule has 4 aliphatic rings. The summed E-state index contributed by atoms with van der Waals surface area (Å²) in [5, 5.41) is 4.92. The fraction of sp³-hybridized carbons (Fsp3) is 0.600. The van der Waals surface area contributed by atoms with E-state index in [0.29, 0.717) is 0 Å². The van der Waals surface area contributed by atoms with Crippen molar-refractivity contribution in [2.45, 2.75) is 12.8 Å². The summed E-state index contributed by atoms with van der Waals surface area (Å²) < 4.78 is 22.8. The van der Waals surface area contributed by atoms with Gasteiger partial charge in [-0.15, -0.1) is 0 Å². The van der Waals surface area contributed by atoms with Gasteiger partial charge in [0.15, 0.2) is 0 Å². The second-order valence-electron chi connectivity index (χ2n) is 4.83. The standard InChI is InChI=1S/C10H12N2O4S/c11-17(15,16)12-9(13)7-5-1-2-6(4-3-5)8(7)10(12)14/h1-2,5-8H,3-4H2,(H2,11,15,16). The average Bonchev–Trinajstić information content (AvgIpc) is 2.54. The molecule has 2 amide bonds. The molecule has 0 radical (unpaired) electrons. The third-order valence-electron chi connectivity index (χ3n) is 3.97. The molecule has 2 N–H and O–H groups in total. The smallest absolute Gasteiger partial charge is 0.273 e. The lowest BCUT2D eigenvalue weighted by molar-refractivity contribution is -0.133. The van der Waals surface area contributed by atoms with Gasteiger partial charge in [0.25, 0.3) is 0 Å². The van der Waals surface area contributed by atoms with Crippen LogP contribution in [0.4, 0.5) is 0 Å². The van der Waals surface area contributed by atoms with Crippen molar-refractivity contribution in [1.29, 1.82) is 0 Å². The predicted molar refractivity (Wildman–Crippen MR) is 57.3 cm³/mol. The molecule has 4 unspecified atom stereocenters. The number of nitrogens with zero attached hydrogens (tertiary/aromatic N) is 1. The monoisotopic (exact) mass is 256 g/mol. The largest absolute Gasteiger partial charge is 0.307 e. The summed E-state index contributed by atoms with van der Waals surface area (Å²) in [5.41, 5.74) is 0. The minimum atomic E-state index is -4.27. The van der Waals surface area contributed by atoms with Crippen LogP contribution in [0.2, 0.25) is 0 Å². The van der Waals surface area contributed by atoms with Crippen LogP contribution in [0, 0.1) is 23.7 Å². The summed E-state index contributed by atoms with van der Waals surface area (Å²) in [6.07, 6.45) is 5.51. The Morgan fingerprint density at radius 2 is 1.47 bits per heavy atom. The molecule has 7 heteroatoms. The fourth-order valence-corrected chi connectivity index (χ4v) is 4.04. The highest BCUT2D eigenvalue weighted by molar-refractivity contribution is 7.88. The molecule has 0 aromatic carbocycles. The average molecular weight is 256 g/mol. The molecule has 2 fully saturated rings. The van der Waals surface area contributed by atoms with Gasteiger partial charge < -0.3 is 0 Å². The maximum atomic E-state index is 12.0. The van der Waals surface area contributed by atoms with E-state index < -0.39 is 33.9 Å². The third-order valence-corrected chi connectivity index (χ3v) is 4.84. The van der Waals surface area contributed by atoms with Gasteiger partial charge >= 0.3 is 10.2 Å². The lowest BCUT2D eigenvalue weighted by atomic mass is 9.63. The number of amides is 2. The second kappa shape index (κ2) is 3.17. The molecule has 1 aliphatic heterocycles. The van der Waals surface area contributed by atoms with Crippen molar-refractivity contribution in [2.75, 3.05) is 0 Å². The molecule has 4 atom stereocenters. The molecule has 1 saturated heterocycles. The molecule has 0 spiro atoms. The van der Waals surface area contributed by atoms with E-state index in [1.54, 1.807) is 0 Å². The molecule has 2 bridgehead atoms. The van der Waals surface area contributed by atoms with E-state index in [1.807, 2.05) is 12.2 Å². The van der Waals surface area contributed by atoms with Crippen molar-refractivity contribution >= 4 is 22.0 Å². The summed E-state index contributed by atoms with van der Waals surface area (Å²) in [7, 11) is -4.27. The predicted octanol–water partition coefficient (Wildman–Crippen LogP) is -0.613. The van der Waals surface area contributed by atoms with Crippen molar-refractivity contribution in [3.63, 3.8) is 0 Å². The van der Waals surface area contributed by atoms with Crippen molar-refractivity contribution < 1.29 is 18.0 Å². The van der Waals surface area contributed by atoms with Crippen molar-refractivity contribution in [2.24, 2.45) is 28.8 Å². The quantitative estimate of drug-likeness (QED) is 0.499. The number of carbonyl (C=O) groups is 2. The molecule has 17 heavy (non-hydrogen) atoms. The summed E-state index contributed by atoms with van der Waals surface area (Å²) in [4.78, 5) is 24.0. The number of allylic oxidation sites excluding steroid dienone is 2. The first-order valence-corrected chi connectivity index (χ1v) is 7.00. The zero-order valence-corrected chi connectivity index (χ0v) is 9.76. The van der Waals surface area contributed by atoms with Gasteiger partial charge in [-0.3, -0.25) is 9.59 Å². The highest BCUT2D eigenvalue weighted by Crippen LogP contribution is 2.49. The van der Waals surface area contributed by atoms with Crippen LogP contribution in [0.15, 0.2) is 12.2 Å². The van der Waals surface area contributed by atoms with Gasteiger partial charge in [-0.2, -0.15) is 12.7 Å². The van der Waals surface area contributed by atoms with E-state index in [1.165, 1.54) is 0 Å². The van der Waals surface area contributed by atoms with E-state index in [2.05, 4.69) is 0 Å². The Kier molecular flexibility index (Phi) is 2.03. The van der Waals surface area contributed by atoms with Gasteiger partial charge in [-0.1, -0.05) is 12.2 Å². The zero-order chi connectivity index (χ0) is 12.4. The summed E-state index contributed by atoms with van der Waals surface area (Å²) in [6, 6.07) is 0. The Morgan fingerprint density at radius 1 is 1.06 bits per heavy atom. The minimum absolute atomic E-state index is 0.0202. The summed E-state index contributed by atoms with van der Waals surface area (Å²) >= 11 is 0. The summed E-state index contributed by atoms with van der Waals surface area (Å²) in [6.45, 7) is 0.